The molecule has 0 aliphatic rings. The highest BCUT2D eigenvalue weighted by Gasteiger charge is 2.15. The van der Waals surface area contributed by atoms with E-state index >= 15 is 0 Å². The van der Waals surface area contributed by atoms with Gasteiger partial charge in [0, 0.05) is 5.38 Å². The lowest BCUT2D eigenvalue weighted by Crippen LogP contribution is -2.28. The molecule has 146 valence electrons. The number of benzene rings is 1. The summed E-state index contributed by atoms with van der Waals surface area (Å²) in [6.07, 6.45) is 2.62. The van der Waals surface area contributed by atoms with E-state index < -0.39 is 0 Å². The third kappa shape index (κ3) is 4.86. The van der Waals surface area contributed by atoms with Crippen molar-refractivity contribution in [3.05, 3.63) is 70.1 Å². The first-order chi connectivity index (χ1) is 13.5. The number of nitrogens with one attached hydrogen (secondary N) is 2. The highest BCUT2D eigenvalue weighted by molar-refractivity contribution is 7.14. The Balaban J connectivity index is 1.54. The Kier molecular flexibility index (Phi) is 6.26. The standard InChI is InChI=1S/C21H23N3O3S/c1-4-15-5-7-16(8-6-15)13(2)22-19(25)11-17-12-28-21(23-17)24-20(26)18-9-10-27-14(18)3/h5-10,12-13H,4,11H2,1-3H3,(H,22,25)(H,23,24,26)/t13-/m0/s1. The second kappa shape index (κ2) is 8.84. The summed E-state index contributed by atoms with van der Waals surface area (Å²) in [6, 6.07) is 9.77. The number of nitrogens with zero attached hydrogens (tertiary/aromatic N) is 1. The molecule has 0 saturated carbocycles. The zero-order valence-corrected chi connectivity index (χ0v) is 16.9. The van der Waals surface area contributed by atoms with Crippen LogP contribution in [0.4, 0.5) is 5.13 Å². The van der Waals surface area contributed by atoms with Crippen molar-refractivity contribution in [3.8, 4) is 0 Å². The predicted molar refractivity (Wildman–Crippen MR) is 110 cm³/mol. The van der Waals surface area contributed by atoms with Crippen molar-refractivity contribution in [2.75, 3.05) is 5.32 Å². The van der Waals surface area contributed by atoms with Crippen LogP contribution in [0.25, 0.3) is 0 Å². The van der Waals surface area contributed by atoms with E-state index in [1.165, 1.54) is 23.2 Å². The normalized spacial score (nSPS) is 11.8. The minimum atomic E-state index is -0.277. The molecular formula is C21H23N3O3S. The monoisotopic (exact) mass is 397 g/mol. The minimum absolute atomic E-state index is 0.0831. The highest BCUT2D eigenvalue weighted by atomic mass is 32.1. The summed E-state index contributed by atoms with van der Waals surface area (Å²) < 4.78 is 5.14. The number of rotatable bonds is 7. The molecule has 0 aliphatic carbocycles. The maximum absolute atomic E-state index is 12.3. The first-order valence-electron chi connectivity index (χ1n) is 9.14. The van der Waals surface area contributed by atoms with Gasteiger partial charge in [0.05, 0.1) is 30.0 Å². The van der Waals surface area contributed by atoms with Gasteiger partial charge in [-0.15, -0.1) is 11.3 Å². The average molecular weight is 398 g/mol. The van der Waals surface area contributed by atoms with Gasteiger partial charge >= 0.3 is 0 Å². The molecular weight excluding hydrogens is 374 g/mol. The maximum Gasteiger partial charge on any atom is 0.260 e. The van der Waals surface area contributed by atoms with Gasteiger partial charge in [0.15, 0.2) is 5.13 Å². The van der Waals surface area contributed by atoms with Gasteiger partial charge < -0.3 is 9.73 Å². The SMILES string of the molecule is CCc1ccc([C@H](C)NC(=O)Cc2csc(NC(=O)c3ccoc3C)n2)cc1. The maximum atomic E-state index is 12.3. The molecule has 0 fully saturated rings. The Morgan fingerprint density at radius 2 is 1.96 bits per heavy atom. The molecule has 7 heteroatoms. The molecule has 1 atom stereocenters. The van der Waals surface area contributed by atoms with Crippen molar-refractivity contribution < 1.29 is 14.0 Å². The molecule has 28 heavy (non-hydrogen) atoms. The quantitative estimate of drug-likeness (QED) is 0.623. The number of anilines is 1. The smallest absolute Gasteiger partial charge is 0.260 e. The fraction of sp³-hybridized carbons (Fsp3) is 0.286. The van der Waals surface area contributed by atoms with Crippen LogP contribution in [0.3, 0.4) is 0 Å². The number of amides is 2. The number of thiazole rings is 1. The van der Waals surface area contributed by atoms with Crippen LogP contribution in [0.5, 0.6) is 0 Å². The van der Waals surface area contributed by atoms with Gasteiger partial charge in [-0.25, -0.2) is 4.98 Å². The van der Waals surface area contributed by atoms with Crippen LogP contribution in [-0.4, -0.2) is 16.8 Å². The van der Waals surface area contributed by atoms with Gasteiger partial charge in [0.25, 0.3) is 5.91 Å². The zero-order valence-electron chi connectivity index (χ0n) is 16.1. The van der Waals surface area contributed by atoms with Gasteiger partial charge in [0.2, 0.25) is 5.91 Å². The van der Waals surface area contributed by atoms with Crippen molar-refractivity contribution in [3.63, 3.8) is 0 Å². The van der Waals surface area contributed by atoms with Crippen LogP contribution in [0.1, 0.15) is 52.8 Å². The Hall–Kier alpha value is -2.93. The van der Waals surface area contributed by atoms with Gasteiger partial charge in [-0.2, -0.15) is 0 Å². The van der Waals surface area contributed by atoms with E-state index in [2.05, 4.69) is 34.7 Å². The van der Waals surface area contributed by atoms with E-state index in [-0.39, 0.29) is 24.3 Å². The van der Waals surface area contributed by atoms with Crippen molar-refractivity contribution in [2.24, 2.45) is 0 Å². The van der Waals surface area contributed by atoms with Crippen molar-refractivity contribution in [2.45, 2.75) is 39.7 Å². The molecule has 6 nitrogen and oxygen atoms in total. The molecule has 0 bridgehead atoms. The molecule has 0 saturated heterocycles. The molecule has 0 aliphatic heterocycles. The summed E-state index contributed by atoms with van der Waals surface area (Å²) in [5.74, 6) is 0.163. The van der Waals surface area contributed by atoms with Crippen molar-refractivity contribution in [1.29, 1.82) is 0 Å². The molecule has 2 N–H and O–H groups in total. The van der Waals surface area contributed by atoms with Crippen molar-refractivity contribution >= 4 is 28.3 Å². The summed E-state index contributed by atoms with van der Waals surface area (Å²) in [6.45, 7) is 5.80. The Labute approximate surface area is 168 Å². The Morgan fingerprint density at radius 3 is 2.61 bits per heavy atom. The molecule has 0 unspecified atom stereocenters. The van der Waals surface area contributed by atoms with Crippen LogP contribution >= 0.6 is 11.3 Å². The molecule has 0 radical (unpaired) electrons. The van der Waals surface area contributed by atoms with E-state index in [0.29, 0.717) is 22.1 Å². The number of furan rings is 1. The summed E-state index contributed by atoms with van der Waals surface area (Å²) in [5, 5.41) is 7.95. The van der Waals surface area contributed by atoms with E-state index in [0.717, 1.165) is 12.0 Å². The van der Waals surface area contributed by atoms with Gasteiger partial charge in [-0.1, -0.05) is 31.2 Å². The second-order valence-corrected chi connectivity index (χ2v) is 7.41. The zero-order chi connectivity index (χ0) is 20.1. The highest BCUT2D eigenvalue weighted by Crippen LogP contribution is 2.19. The largest absolute Gasteiger partial charge is 0.469 e. The number of carbonyl (C=O) groups is 2. The summed E-state index contributed by atoms with van der Waals surface area (Å²) in [7, 11) is 0. The molecule has 2 aromatic heterocycles. The van der Waals surface area contributed by atoms with Crippen LogP contribution < -0.4 is 10.6 Å². The van der Waals surface area contributed by atoms with Crippen LogP contribution in [0, 0.1) is 6.92 Å². The first-order valence-corrected chi connectivity index (χ1v) is 10.0. The Morgan fingerprint density at radius 1 is 1.21 bits per heavy atom. The molecule has 0 spiro atoms. The fourth-order valence-corrected chi connectivity index (χ4v) is 3.52. The number of hydrogen-bond donors (Lipinski definition) is 2. The van der Waals surface area contributed by atoms with E-state index in [1.54, 1.807) is 18.4 Å². The first kappa shape index (κ1) is 19.8. The lowest BCUT2D eigenvalue weighted by Gasteiger charge is -2.14. The predicted octanol–water partition coefficient (Wildman–Crippen LogP) is 4.28. The molecule has 3 aromatic rings. The number of aryl methyl sites for hydroxylation is 2. The topological polar surface area (TPSA) is 84.2 Å². The fourth-order valence-electron chi connectivity index (χ4n) is 2.81. The third-order valence-corrected chi connectivity index (χ3v) is 5.29. The van der Waals surface area contributed by atoms with Crippen LogP contribution in [-0.2, 0) is 17.6 Å². The van der Waals surface area contributed by atoms with Crippen molar-refractivity contribution in [1.82, 2.24) is 10.3 Å². The minimum Gasteiger partial charge on any atom is -0.469 e. The van der Waals surface area contributed by atoms with Crippen LogP contribution in [0.2, 0.25) is 0 Å². The average Bonchev–Trinajstić information content (AvgIpc) is 3.30. The molecule has 1 aromatic carbocycles. The van der Waals surface area contributed by atoms with Crippen LogP contribution in [0.15, 0.2) is 46.4 Å². The third-order valence-electron chi connectivity index (χ3n) is 4.48. The Bertz CT molecular complexity index is 959. The summed E-state index contributed by atoms with van der Waals surface area (Å²) in [4.78, 5) is 28.9. The molecule has 3 rings (SSSR count). The van der Waals surface area contributed by atoms with Gasteiger partial charge in [-0.3, -0.25) is 14.9 Å². The number of carbonyl (C=O) groups excluding carboxylic acids is 2. The number of hydrogen-bond acceptors (Lipinski definition) is 5. The van der Waals surface area contributed by atoms with E-state index in [1.807, 2.05) is 19.1 Å². The molecule has 2 amide bonds. The molecule has 2 heterocycles. The lowest BCUT2D eigenvalue weighted by atomic mass is 10.0. The van der Waals surface area contributed by atoms with Gasteiger partial charge in [0.1, 0.15) is 5.76 Å². The lowest BCUT2D eigenvalue weighted by molar-refractivity contribution is -0.121. The second-order valence-electron chi connectivity index (χ2n) is 6.55. The summed E-state index contributed by atoms with van der Waals surface area (Å²) in [5.41, 5.74) is 3.42. The van der Waals surface area contributed by atoms with Gasteiger partial charge in [-0.05, 0) is 37.5 Å². The number of aromatic nitrogens is 1. The van der Waals surface area contributed by atoms with E-state index in [9.17, 15) is 9.59 Å². The summed E-state index contributed by atoms with van der Waals surface area (Å²) >= 11 is 1.29. The van der Waals surface area contributed by atoms with E-state index in [4.69, 9.17) is 4.42 Å².